The number of aromatic nitrogens is 4. The molecule has 7 heteroatoms. The summed E-state index contributed by atoms with van der Waals surface area (Å²) < 4.78 is 1.50. The molecule has 0 saturated carbocycles. The second kappa shape index (κ2) is 6.18. The highest BCUT2D eigenvalue weighted by atomic mass is 35.5. The monoisotopic (exact) mass is 327 g/mol. The summed E-state index contributed by atoms with van der Waals surface area (Å²) in [6.45, 7) is 1.83. The Morgan fingerprint density at radius 2 is 2.04 bits per heavy atom. The van der Waals surface area contributed by atoms with Gasteiger partial charge < -0.3 is 0 Å². The Morgan fingerprint density at radius 1 is 1.26 bits per heavy atom. The summed E-state index contributed by atoms with van der Waals surface area (Å²) in [6, 6.07) is 10.6. The number of benzene rings is 1. The lowest BCUT2D eigenvalue weighted by Crippen LogP contribution is -2.15. The number of hydrogen-bond donors (Lipinski definition) is 1. The van der Waals surface area contributed by atoms with Gasteiger partial charge in [0.05, 0.1) is 5.02 Å². The number of aryl methyl sites for hydroxylation is 2. The van der Waals surface area contributed by atoms with E-state index < -0.39 is 0 Å². The van der Waals surface area contributed by atoms with E-state index in [0.717, 1.165) is 5.69 Å². The van der Waals surface area contributed by atoms with Crippen LogP contribution in [0, 0.1) is 6.92 Å². The van der Waals surface area contributed by atoms with Crippen molar-refractivity contribution in [1.82, 2.24) is 19.7 Å². The van der Waals surface area contributed by atoms with Crippen molar-refractivity contribution in [3.05, 3.63) is 58.9 Å². The number of carbonyl (C=O) groups is 1. The molecule has 0 atom stereocenters. The topological polar surface area (TPSA) is 72.7 Å². The van der Waals surface area contributed by atoms with Gasteiger partial charge in [0.25, 0.3) is 5.91 Å². The summed E-state index contributed by atoms with van der Waals surface area (Å²) in [4.78, 5) is 20.7. The molecule has 116 valence electrons. The minimum Gasteiger partial charge on any atom is -0.291 e. The van der Waals surface area contributed by atoms with E-state index in [0.29, 0.717) is 27.9 Å². The lowest BCUT2D eigenvalue weighted by atomic mass is 10.2. The molecule has 1 aromatic carbocycles. The van der Waals surface area contributed by atoms with Crippen molar-refractivity contribution >= 4 is 23.5 Å². The summed E-state index contributed by atoms with van der Waals surface area (Å²) in [5.74, 6) is 0.537. The number of nitrogens with zero attached hydrogens (tertiary/aromatic N) is 4. The molecule has 0 aliphatic rings. The third kappa shape index (κ3) is 3.22. The van der Waals surface area contributed by atoms with Crippen LogP contribution in [0.4, 0.5) is 5.95 Å². The lowest BCUT2D eigenvalue weighted by Gasteiger charge is -2.03. The maximum absolute atomic E-state index is 12.3. The molecule has 0 spiro atoms. The van der Waals surface area contributed by atoms with Crippen molar-refractivity contribution < 1.29 is 4.79 Å². The van der Waals surface area contributed by atoms with Gasteiger partial charge in [0, 0.05) is 30.1 Å². The Kier molecular flexibility index (Phi) is 4.08. The Labute approximate surface area is 138 Å². The van der Waals surface area contributed by atoms with E-state index in [-0.39, 0.29) is 5.91 Å². The second-order valence-electron chi connectivity index (χ2n) is 5.00. The van der Waals surface area contributed by atoms with E-state index in [9.17, 15) is 4.79 Å². The van der Waals surface area contributed by atoms with Gasteiger partial charge in [-0.25, -0.2) is 4.68 Å². The molecule has 3 rings (SSSR count). The van der Waals surface area contributed by atoms with Crippen molar-refractivity contribution in [1.29, 1.82) is 0 Å². The third-order valence-electron chi connectivity index (χ3n) is 3.26. The van der Waals surface area contributed by atoms with E-state index in [2.05, 4.69) is 20.4 Å². The predicted octanol–water partition coefficient (Wildman–Crippen LogP) is 3.09. The first-order chi connectivity index (χ1) is 11.0. The fourth-order valence-corrected chi connectivity index (χ4v) is 2.33. The van der Waals surface area contributed by atoms with Crippen LogP contribution in [0.15, 0.2) is 42.6 Å². The molecule has 0 bridgehead atoms. The van der Waals surface area contributed by atoms with E-state index >= 15 is 0 Å². The van der Waals surface area contributed by atoms with Gasteiger partial charge in [-0.15, -0.1) is 5.10 Å². The number of carbonyl (C=O) groups excluding carboxylic acids is 1. The third-order valence-corrected chi connectivity index (χ3v) is 3.59. The van der Waals surface area contributed by atoms with Crippen LogP contribution in [0.2, 0.25) is 5.02 Å². The maximum atomic E-state index is 12.3. The fourth-order valence-electron chi connectivity index (χ4n) is 2.11. The molecular formula is C16H14ClN5O. The highest BCUT2D eigenvalue weighted by molar-refractivity contribution is 6.33. The van der Waals surface area contributed by atoms with Gasteiger partial charge in [-0.2, -0.15) is 4.98 Å². The summed E-state index contributed by atoms with van der Waals surface area (Å²) in [5.41, 5.74) is 2.00. The Hall–Kier alpha value is -2.73. The number of rotatable bonds is 3. The average molecular weight is 328 g/mol. The summed E-state index contributed by atoms with van der Waals surface area (Å²) in [5, 5.41) is 7.60. The van der Waals surface area contributed by atoms with Gasteiger partial charge in [0.1, 0.15) is 0 Å². The highest BCUT2D eigenvalue weighted by Gasteiger charge is 2.15. The lowest BCUT2D eigenvalue weighted by molar-refractivity contribution is 0.102. The number of halogens is 1. The number of pyridine rings is 1. The SMILES string of the molecule is Cc1cc(C(=O)Nc2nc(-c3ccccc3Cl)nn2C)ccn1. The molecular weight excluding hydrogens is 314 g/mol. The standard InChI is InChI=1S/C16H14ClN5O/c1-10-9-11(7-8-18-10)15(23)20-16-19-14(21-22(16)2)12-5-3-4-6-13(12)17/h3-9H,1-2H3,(H,19,20,21,23). The Balaban J connectivity index is 1.87. The predicted molar refractivity (Wildman–Crippen MR) is 88.4 cm³/mol. The minimum absolute atomic E-state index is 0.267. The normalized spacial score (nSPS) is 10.6. The van der Waals surface area contributed by atoms with Crippen molar-refractivity contribution in [2.75, 3.05) is 5.32 Å². The quantitative estimate of drug-likeness (QED) is 0.802. The van der Waals surface area contributed by atoms with Crippen molar-refractivity contribution in [2.45, 2.75) is 6.92 Å². The van der Waals surface area contributed by atoms with Crippen LogP contribution < -0.4 is 5.32 Å². The average Bonchev–Trinajstić information content (AvgIpc) is 2.88. The van der Waals surface area contributed by atoms with Gasteiger partial charge in [0.2, 0.25) is 5.95 Å². The van der Waals surface area contributed by atoms with Crippen LogP contribution in [0.25, 0.3) is 11.4 Å². The minimum atomic E-state index is -0.267. The summed E-state index contributed by atoms with van der Waals surface area (Å²) in [7, 11) is 1.71. The van der Waals surface area contributed by atoms with E-state index in [4.69, 9.17) is 11.6 Å². The van der Waals surface area contributed by atoms with Gasteiger partial charge in [-0.05, 0) is 31.2 Å². The van der Waals surface area contributed by atoms with Crippen molar-refractivity contribution in [3.63, 3.8) is 0 Å². The molecule has 0 saturated heterocycles. The van der Waals surface area contributed by atoms with Gasteiger partial charge in [0.15, 0.2) is 5.82 Å². The molecule has 3 aromatic rings. The largest absolute Gasteiger partial charge is 0.291 e. The van der Waals surface area contributed by atoms with Crippen molar-refractivity contribution in [3.8, 4) is 11.4 Å². The fraction of sp³-hybridized carbons (Fsp3) is 0.125. The van der Waals surface area contributed by atoms with E-state index in [1.54, 1.807) is 31.4 Å². The summed E-state index contributed by atoms with van der Waals surface area (Å²) in [6.07, 6.45) is 1.59. The van der Waals surface area contributed by atoms with Crippen LogP contribution in [-0.4, -0.2) is 25.7 Å². The molecule has 0 aliphatic carbocycles. The Bertz CT molecular complexity index is 874. The van der Waals surface area contributed by atoms with Gasteiger partial charge >= 0.3 is 0 Å². The van der Waals surface area contributed by atoms with Crippen LogP contribution in [0.5, 0.6) is 0 Å². The number of anilines is 1. The molecule has 1 N–H and O–H groups in total. The van der Waals surface area contributed by atoms with E-state index in [1.165, 1.54) is 4.68 Å². The molecule has 0 fully saturated rings. The number of amides is 1. The second-order valence-corrected chi connectivity index (χ2v) is 5.41. The maximum Gasteiger partial charge on any atom is 0.258 e. The molecule has 2 heterocycles. The molecule has 6 nitrogen and oxygen atoms in total. The Morgan fingerprint density at radius 3 is 2.78 bits per heavy atom. The molecule has 1 amide bonds. The van der Waals surface area contributed by atoms with Crippen LogP contribution in [0.3, 0.4) is 0 Å². The smallest absolute Gasteiger partial charge is 0.258 e. The highest BCUT2D eigenvalue weighted by Crippen LogP contribution is 2.25. The molecule has 2 aromatic heterocycles. The van der Waals surface area contributed by atoms with Crippen LogP contribution >= 0.6 is 11.6 Å². The molecule has 23 heavy (non-hydrogen) atoms. The van der Waals surface area contributed by atoms with Gasteiger partial charge in [-0.3, -0.25) is 15.1 Å². The summed E-state index contributed by atoms with van der Waals surface area (Å²) >= 11 is 6.16. The molecule has 0 aliphatic heterocycles. The first-order valence-electron chi connectivity index (χ1n) is 6.94. The first kappa shape index (κ1) is 15.2. The number of hydrogen-bond acceptors (Lipinski definition) is 4. The molecule has 0 radical (unpaired) electrons. The zero-order chi connectivity index (χ0) is 16.4. The zero-order valence-corrected chi connectivity index (χ0v) is 13.4. The van der Waals surface area contributed by atoms with Crippen LogP contribution in [-0.2, 0) is 7.05 Å². The van der Waals surface area contributed by atoms with Crippen molar-refractivity contribution in [2.24, 2.45) is 7.05 Å². The molecule has 0 unspecified atom stereocenters. The van der Waals surface area contributed by atoms with E-state index in [1.807, 2.05) is 25.1 Å². The van der Waals surface area contributed by atoms with Gasteiger partial charge in [-0.1, -0.05) is 23.7 Å². The number of nitrogens with one attached hydrogen (secondary N) is 1. The zero-order valence-electron chi connectivity index (χ0n) is 12.6. The first-order valence-corrected chi connectivity index (χ1v) is 7.32. The van der Waals surface area contributed by atoms with Crippen LogP contribution in [0.1, 0.15) is 16.1 Å².